The van der Waals surface area contributed by atoms with Crippen molar-refractivity contribution in [3.8, 4) is 0 Å². The van der Waals surface area contributed by atoms with Crippen molar-refractivity contribution in [1.82, 2.24) is 9.55 Å². The third-order valence-corrected chi connectivity index (χ3v) is 4.42. The zero-order valence-electron chi connectivity index (χ0n) is 11.2. The van der Waals surface area contributed by atoms with E-state index in [0.29, 0.717) is 6.04 Å². The normalized spacial score (nSPS) is 24.1. The number of imidazole rings is 1. The molecule has 1 aliphatic rings. The summed E-state index contributed by atoms with van der Waals surface area (Å²) in [5.41, 5.74) is 2.22. The van der Waals surface area contributed by atoms with Crippen LogP contribution in [0.1, 0.15) is 6.92 Å². The van der Waals surface area contributed by atoms with Crippen LogP contribution < -0.4 is 4.90 Å². The van der Waals surface area contributed by atoms with Crippen molar-refractivity contribution in [3.05, 3.63) is 24.3 Å². The fraction of sp³-hybridized carbons (Fsp3) is 0.500. The standard InChI is InChI=1S/C14H18BrN3O/c1-10-9-19-11(7-15)8-18(10)14-16-12-5-3-4-6-13(12)17(14)2/h3-6,10-11H,7-9H2,1-2H3. The van der Waals surface area contributed by atoms with Gasteiger partial charge in [-0.15, -0.1) is 0 Å². The maximum Gasteiger partial charge on any atom is 0.206 e. The lowest BCUT2D eigenvalue weighted by atomic mass is 10.2. The van der Waals surface area contributed by atoms with E-state index in [9.17, 15) is 0 Å². The lowest BCUT2D eigenvalue weighted by molar-refractivity contribution is 0.0371. The number of benzene rings is 1. The monoisotopic (exact) mass is 323 g/mol. The van der Waals surface area contributed by atoms with Crippen LogP contribution >= 0.6 is 15.9 Å². The highest BCUT2D eigenvalue weighted by Gasteiger charge is 2.28. The first-order valence-corrected chi connectivity index (χ1v) is 7.68. The fourth-order valence-corrected chi connectivity index (χ4v) is 2.97. The molecule has 0 saturated carbocycles. The molecule has 4 nitrogen and oxygen atoms in total. The van der Waals surface area contributed by atoms with Gasteiger partial charge >= 0.3 is 0 Å². The van der Waals surface area contributed by atoms with Crippen molar-refractivity contribution in [1.29, 1.82) is 0 Å². The minimum atomic E-state index is 0.232. The lowest BCUT2D eigenvalue weighted by Gasteiger charge is -2.38. The van der Waals surface area contributed by atoms with Crippen LogP contribution in [0.15, 0.2) is 24.3 Å². The quantitative estimate of drug-likeness (QED) is 0.796. The molecule has 1 aliphatic heterocycles. The summed E-state index contributed by atoms with van der Waals surface area (Å²) in [4.78, 5) is 7.12. The predicted octanol–water partition coefficient (Wildman–Crippen LogP) is 2.56. The number of ether oxygens (including phenoxy) is 1. The van der Waals surface area contributed by atoms with E-state index in [2.05, 4.69) is 57.6 Å². The highest BCUT2D eigenvalue weighted by atomic mass is 79.9. The molecule has 0 bridgehead atoms. The minimum Gasteiger partial charge on any atom is -0.373 e. The van der Waals surface area contributed by atoms with E-state index in [0.717, 1.165) is 29.9 Å². The number of fused-ring (bicyclic) bond motifs is 1. The van der Waals surface area contributed by atoms with Crippen LogP contribution in [0.3, 0.4) is 0 Å². The average molecular weight is 324 g/mol. The largest absolute Gasteiger partial charge is 0.373 e. The van der Waals surface area contributed by atoms with E-state index in [1.54, 1.807) is 0 Å². The second kappa shape index (κ2) is 5.13. The highest BCUT2D eigenvalue weighted by Crippen LogP contribution is 2.25. The molecule has 2 heterocycles. The van der Waals surface area contributed by atoms with E-state index in [1.165, 1.54) is 5.52 Å². The maximum atomic E-state index is 5.78. The number of rotatable bonds is 2. The summed E-state index contributed by atoms with van der Waals surface area (Å²) in [5, 5.41) is 0.861. The first-order valence-electron chi connectivity index (χ1n) is 6.56. The number of aromatic nitrogens is 2. The van der Waals surface area contributed by atoms with E-state index in [1.807, 2.05) is 6.07 Å². The van der Waals surface area contributed by atoms with Crippen molar-refractivity contribution in [2.45, 2.75) is 19.1 Å². The summed E-state index contributed by atoms with van der Waals surface area (Å²) in [5.74, 6) is 1.03. The Hall–Kier alpha value is -1.07. The van der Waals surface area contributed by atoms with Crippen LogP contribution in [0.25, 0.3) is 11.0 Å². The number of hydrogen-bond donors (Lipinski definition) is 0. The SMILES string of the molecule is CC1COC(CBr)CN1c1nc2ccccc2n1C. The van der Waals surface area contributed by atoms with Crippen LogP contribution in [0.5, 0.6) is 0 Å². The van der Waals surface area contributed by atoms with Crippen LogP contribution in [-0.2, 0) is 11.8 Å². The van der Waals surface area contributed by atoms with Crippen molar-refractivity contribution in [2.75, 3.05) is 23.4 Å². The van der Waals surface area contributed by atoms with Crippen molar-refractivity contribution < 1.29 is 4.74 Å². The Bertz CT molecular complexity index is 583. The van der Waals surface area contributed by atoms with Gasteiger partial charge in [-0.1, -0.05) is 28.1 Å². The number of para-hydroxylation sites is 2. The van der Waals surface area contributed by atoms with E-state index in [-0.39, 0.29) is 6.10 Å². The molecule has 1 fully saturated rings. The molecule has 1 aromatic heterocycles. The van der Waals surface area contributed by atoms with Gasteiger partial charge in [0, 0.05) is 18.9 Å². The van der Waals surface area contributed by atoms with Crippen molar-refractivity contribution in [3.63, 3.8) is 0 Å². The predicted molar refractivity (Wildman–Crippen MR) is 81.1 cm³/mol. The number of alkyl halides is 1. The van der Waals surface area contributed by atoms with Crippen molar-refractivity contribution >= 4 is 32.9 Å². The number of anilines is 1. The van der Waals surface area contributed by atoms with E-state index < -0.39 is 0 Å². The van der Waals surface area contributed by atoms with Crippen LogP contribution in [0, 0.1) is 0 Å². The van der Waals surface area contributed by atoms with Gasteiger partial charge in [-0.3, -0.25) is 0 Å². The lowest BCUT2D eigenvalue weighted by Crippen LogP contribution is -2.49. The number of hydrogen-bond acceptors (Lipinski definition) is 3. The summed E-state index contributed by atoms with van der Waals surface area (Å²) in [6.45, 7) is 3.81. The Kier molecular flexibility index (Phi) is 3.50. The topological polar surface area (TPSA) is 30.3 Å². The molecule has 102 valence electrons. The van der Waals surface area contributed by atoms with Gasteiger partial charge in [-0.05, 0) is 19.1 Å². The summed E-state index contributed by atoms with van der Waals surface area (Å²) >= 11 is 3.51. The van der Waals surface area contributed by atoms with Gasteiger partial charge in [0.25, 0.3) is 0 Å². The zero-order chi connectivity index (χ0) is 13.4. The van der Waals surface area contributed by atoms with Crippen molar-refractivity contribution in [2.24, 2.45) is 7.05 Å². The molecule has 0 N–H and O–H groups in total. The Morgan fingerprint density at radius 2 is 2.21 bits per heavy atom. The zero-order valence-corrected chi connectivity index (χ0v) is 12.8. The molecule has 0 spiro atoms. The third kappa shape index (κ3) is 2.25. The molecule has 3 rings (SSSR count). The van der Waals surface area contributed by atoms with Gasteiger partial charge in [0.15, 0.2) is 0 Å². The fourth-order valence-electron chi connectivity index (χ4n) is 2.58. The molecule has 0 radical (unpaired) electrons. The van der Waals surface area contributed by atoms with Crippen LogP contribution in [0.4, 0.5) is 5.95 Å². The number of morpholine rings is 1. The molecular formula is C14H18BrN3O. The number of aryl methyl sites for hydroxylation is 1. The summed E-state index contributed by atoms with van der Waals surface area (Å²) in [6.07, 6.45) is 0.232. The molecule has 2 atom stereocenters. The van der Waals surface area contributed by atoms with Crippen LogP contribution in [0.2, 0.25) is 0 Å². The van der Waals surface area contributed by atoms with Gasteiger partial charge in [-0.2, -0.15) is 0 Å². The molecule has 1 saturated heterocycles. The second-order valence-electron chi connectivity index (χ2n) is 5.07. The average Bonchev–Trinajstić information content (AvgIpc) is 2.77. The smallest absolute Gasteiger partial charge is 0.206 e. The van der Waals surface area contributed by atoms with Crippen LogP contribution in [-0.4, -0.2) is 40.2 Å². The molecule has 0 aliphatic carbocycles. The molecule has 19 heavy (non-hydrogen) atoms. The summed E-state index contributed by atoms with van der Waals surface area (Å²) < 4.78 is 7.95. The first-order chi connectivity index (χ1) is 9.20. The van der Waals surface area contributed by atoms with Gasteiger partial charge in [0.05, 0.1) is 29.8 Å². The van der Waals surface area contributed by atoms with E-state index in [4.69, 9.17) is 9.72 Å². The summed E-state index contributed by atoms with van der Waals surface area (Å²) in [6, 6.07) is 8.61. The number of halogens is 1. The Morgan fingerprint density at radius 1 is 1.42 bits per heavy atom. The molecule has 5 heteroatoms. The molecule has 1 aromatic carbocycles. The molecule has 2 unspecified atom stereocenters. The Balaban J connectivity index is 2.00. The highest BCUT2D eigenvalue weighted by molar-refractivity contribution is 9.09. The molecular weight excluding hydrogens is 306 g/mol. The Labute approximate surface area is 121 Å². The Morgan fingerprint density at radius 3 is 2.95 bits per heavy atom. The van der Waals surface area contributed by atoms with Gasteiger partial charge in [0.2, 0.25) is 5.95 Å². The molecule has 2 aromatic rings. The minimum absolute atomic E-state index is 0.232. The second-order valence-corrected chi connectivity index (χ2v) is 5.72. The number of nitrogens with zero attached hydrogens (tertiary/aromatic N) is 3. The molecule has 0 amide bonds. The summed E-state index contributed by atoms with van der Waals surface area (Å²) in [7, 11) is 2.08. The van der Waals surface area contributed by atoms with Gasteiger partial charge < -0.3 is 14.2 Å². The van der Waals surface area contributed by atoms with Gasteiger partial charge in [-0.25, -0.2) is 4.98 Å². The third-order valence-electron chi connectivity index (χ3n) is 3.70. The first kappa shape index (κ1) is 12.9. The maximum absolute atomic E-state index is 5.78. The van der Waals surface area contributed by atoms with Gasteiger partial charge in [0.1, 0.15) is 0 Å². The van der Waals surface area contributed by atoms with E-state index >= 15 is 0 Å².